The Kier molecular flexibility index (Phi) is 6.67. The molecule has 4 heteroatoms. The number of benzene rings is 2. The summed E-state index contributed by atoms with van der Waals surface area (Å²) in [6.07, 6.45) is 8.74. The van der Waals surface area contributed by atoms with Gasteiger partial charge in [0, 0.05) is 0 Å². The topological polar surface area (TPSA) is 9.23 Å². The average Bonchev–Trinajstić information content (AvgIpc) is 2.67. The van der Waals surface area contributed by atoms with Crippen LogP contribution in [0.2, 0.25) is 0 Å². The molecule has 0 aliphatic heterocycles. The molecule has 0 radical (unpaired) electrons. The summed E-state index contributed by atoms with van der Waals surface area (Å²) in [7, 11) is 0. The summed E-state index contributed by atoms with van der Waals surface area (Å²) in [6.45, 7) is 4.22. The summed E-state index contributed by atoms with van der Waals surface area (Å²) in [4.78, 5) is 0. The standard InChI is InChI=1S/C23H29F3O/c1-3-5-15-6-8-16(9-7-15)10-11-18-14-17-12-13-19(27-4-2)22(25)20(17)23(26)21(18)24/h12-16H,3-11H2,1-2H3. The lowest BCUT2D eigenvalue weighted by Crippen LogP contribution is -2.15. The molecule has 0 bridgehead atoms. The van der Waals surface area contributed by atoms with E-state index in [0.717, 1.165) is 12.3 Å². The van der Waals surface area contributed by atoms with Crippen molar-refractivity contribution in [1.29, 1.82) is 0 Å². The van der Waals surface area contributed by atoms with Crippen LogP contribution < -0.4 is 4.74 Å². The molecular weight excluding hydrogens is 349 g/mol. The lowest BCUT2D eigenvalue weighted by molar-refractivity contribution is 0.251. The molecule has 0 amide bonds. The second-order valence-corrected chi connectivity index (χ2v) is 7.79. The van der Waals surface area contributed by atoms with Gasteiger partial charge in [0.1, 0.15) is 0 Å². The van der Waals surface area contributed by atoms with Crippen molar-refractivity contribution in [2.24, 2.45) is 11.8 Å². The van der Waals surface area contributed by atoms with Crippen LogP contribution in [0, 0.1) is 29.3 Å². The molecule has 27 heavy (non-hydrogen) atoms. The number of fused-ring (bicyclic) bond motifs is 1. The van der Waals surface area contributed by atoms with E-state index in [9.17, 15) is 13.2 Å². The van der Waals surface area contributed by atoms with Crippen LogP contribution in [0.3, 0.4) is 0 Å². The zero-order chi connectivity index (χ0) is 19.4. The summed E-state index contributed by atoms with van der Waals surface area (Å²) < 4.78 is 48.8. The van der Waals surface area contributed by atoms with Crippen LogP contribution in [0.4, 0.5) is 13.2 Å². The first-order chi connectivity index (χ1) is 13.0. The van der Waals surface area contributed by atoms with Gasteiger partial charge in [-0.2, -0.15) is 0 Å². The molecule has 0 unspecified atom stereocenters. The van der Waals surface area contributed by atoms with Gasteiger partial charge in [-0.1, -0.05) is 51.5 Å². The van der Waals surface area contributed by atoms with Crippen molar-refractivity contribution in [3.63, 3.8) is 0 Å². The van der Waals surface area contributed by atoms with Crippen LogP contribution in [0.25, 0.3) is 10.8 Å². The largest absolute Gasteiger partial charge is 0.491 e. The SMILES string of the molecule is CCCC1CCC(CCc2cc3ccc(OCC)c(F)c3c(F)c2F)CC1. The minimum absolute atomic E-state index is 0.0418. The minimum atomic E-state index is -1.10. The van der Waals surface area contributed by atoms with E-state index in [1.165, 1.54) is 44.6 Å². The molecular formula is C23H29F3O. The zero-order valence-corrected chi connectivity index (χ0v) is 16.3. The molecule has 0 N–H and O–H groups in total. The Morgan fingerprint density at radius 3 is 2.19 bits per heavy atom. The monoisotopic (exact) mass is 378 g/mol. The Balaban J connectivity index is 1.74. The third kappa shape index (κ3) is 4.41. The summed E-state index contributed by atoms with van der Waals surface area (Å²) in [5.74, 6) is -1.48. The second kappa shape index (κ2) is 8.99. The van der Waals surface area contributed by atoms with E-state index in [1.54, 1.807) is 19.1 Å². The smallest absolute Gasteiger partial charge is 0.175 e. The molecule has 3 rings (SSSR count). The predicted molar refractivity (Wildman–Crippen MR) is 104 cm³/mol. The number of rotatable bonds is 7. The van der Waals surface area contributed by atoms with Crippen LogP contribution in [-0.2, 0) is 6.42 Å². The van der Waals surface area contributed by atoms with Gasteiger partial charge in [0.2, 0.25) is 0 Å². The summed E-state index contributed by atoms with van der Waals surface area (Å²) in [5.41, 5.74) is 0.347. The van der Waals surface area contributed by atoms with Crippen molar-refractivity contribution in [2.45, 2.75) is 65.2 Å². The molecule has 0 saturated heterocycles. The highest BCUT2D eigenvalue weighted by Crippen LogP contribution is 2.35. The zero-order valence-electron chi connectivity index (χ0n) is 16.3. The molecule has 0 spiro atoms. The summed E-state index contributed by atoms with van der Waals surface area (Å²) in [5, 5.41) is 0.0683. The Bertz CT molecular complexity index is 779. The van der Waals surface area contributed by atoms with E-state index in [-0.39, 0.29) is 17.7 Å². The molecule has 0 heterocycles. The minimum Gasteiger partial charge on any atom is -0.491 e. The molecule has 148 valence electrons. The molecule has 1 saturated carbocycles. The highest BCUT2D eigenvalue weighted by atomic mass is 19.2. The Morgan fingerprint density at radius 2 is 1.56 bits per heavy atom. The van der Waals surface area contributed by atoms with Gasteiger partial charge >= 0.3 is 0 Å². The van der Waals surface area contributed by atoms with E-state index in [0.29, 0.717) is 23.3 Å². The first kappa shape index (κ1) is 20.0. The van der Waals surface area contributed by atoms with Gasteiger partial charge in [-0.25, -0.2) is 13.2 Å². The van der Waals surface area contributed by atoms with Crippen molar-refractivity contribution in [3.05, 3.63) is 41.2 Å². The van der Waals surface area contributed by atoms with Gasteiger partial charge in [0.05, 0.1) is 12.0 Å². The molecule has 2 aromatic carbocycles. The van der Waals surface area contributed by atoms with Crippen LogP contribution >= 0.6 is 0 Å². The number of aryl methyl sites for hydroxylation is 1. The summed E-state index contributed by atoms with van der Waals surface area (Å²) in [6, 6.07) is 4.68. The molecule has 2 aromatic rings. The molecule has 1 fully saturated rings. The Morgan fingerprint density at radius 1 is 0.889 bits per heavy atom. The fourth-order valence-electron chi connectivity index (χ4n) is 4.44. The van der Waals surface area contributed by atoms with E-state index in [4.69, 9.17) is 4.74 Å². The molecule has 1 nitrogen and oxygen atoms in total. The van der Waals surface area contributed by atoms with Gasteiger partial charge in [-0.3, -0.25) is 0 Å². The lowest BCUT2D eigenvalue weighted by Gasteiger charge is -2.28. The molecule has 1 aliphatic rings. The maximum atomic E-state index is 14.6. The maximum Gasteiger partial charge on any atom is 0.175 e. The maximum absolute atomic E-state index is 14.6. The third-order valence-electron chi connectivity index (χ3n) is 5.95. The van der Waals surface area contributed by atoms with E-state index < -0.39 is 17.5 Å². The Labute approximate surface area is 159 Å². The van der Waals surface area contributed by atoms with Crippen LogP contribution in [0.5, 0.6) is 5.75 Å². The van der Waals surface area contributed by atoms with Crippen molar-refractivity contribution >= 4 is 10.8 Å². The number of halogens is 3. The van der Waals surface area contributed by atoms with Crippen LogP contribution in [-0.4, -0.2) is 6.61 Å². The van der Waals surface area contributed by atoms with Crippen molar-refractivity contribution in [1.82, 2.24) is 0 Å². The molecule has 0 aromatic heterocycles. The highest BCUT2D eigenvalue weighted by Gasteiger charge is 2.23. The fourth-order valence-corrected chi connectivity index (χ4v) is 4.44. The summed E-state index contributed by atoms with van der Waals surface area (Å²) >= 11 is 0. The predicted octanol–water partition coefficient (Wildman–Crippen LogP) is 7.19. The number of hydrogen-bond donors (Lipinski definition) is 0. The van der Waals surface area contributed by atoms with Gasteiger partial charge in [-0.05, 0) is 54.7 Å². The quantitative estimate of drug-likeness (QED) is 0.495. The second-order valence-electron chi connectivity index (χ2n) is 7.79. The fraction of sp³-hybridized carbons (Fsp3) is 0.565. The molecule has 0 atom stereocenters. The lowest BCUT2D eigenvalue weighted by atomic mass is 9.78. The van der Waals surface area contributed by atoms with Gasteiger partial charge in [-0.15, -0.1) is 0 Å². The first-order valence-electron chi connectivity index (χ1n) is 10.3. The normalized spacial score (nSPS) is 20.2. The average molecular weight is 378 g/mol. The van der Waals surface area contributed by atoms with Crippen molar-refractivity contribution in [3.8, 4) is 5.75 Å². The highest BCUT2D eigenvalue weighted by molar-refractivity contribution is 5.86. The van der Waals surface area contributed by atoms with E-state index in [1.807, 2.05) is 0 Å². The third-order valence-corrected chi connectivity index (χ3v) is 5.95. The molecule has 1 aliphatic carbocycles. The van der Waals surface area contributed by atoms with Gasteiger partial charge < -0.3 is 4.74 Å². The Hall–Kier alpha value is -1.71. The number of ether oxygens (including phenoxy) is 1. The van der Waals surface area contributed by atoms with E-state index in [2.05, 4.69) is 6.92 Å². The van der Waals surface area contributed by atoms with E-state index >= 15 is 0 Å². The van der Waals surface area contributed by atoms with Crippen molar-refractivity contribution < 1.29 is 17.9 Å². The first-order valence-corrected chi connectivity index (χ1v) is 10.3. The number of hydrogen-bond acceptors (Lipinski definition) is 1. The van der Waals surface area contributed by atoms with Gasteiger partial charge in [0.25, 0.3) is 0 Å². The van der Waals surface area contributed by atoms with Crippen LogP contribution in [0.15, 0.2) is 18.2 Å². The van der Waals surface area contributed by atoms with Crippen LogP contribution in [0.1, 0.15) is 64.4 Å². The van der Waals surface area contributed by atoms with Gasteiger partial charge in [0.15, 0.2) is 23.2 Å². The van der Waals surface area contributed by atoms with Crippen molar-refractivity contribution in [2.75, 3.05) is 6.61 Å².